The lowest BCUT2D eigenvalue weighted by molar-refractivity contribution is -0.385. The Labute approximate surface area is 120 Å². The smallest absolute Gasteiger partial charge is 0.339 e. The highest BCUT2D eigenvalue weighted by Crippen LogP contribution is 2.30. The van der Waals surface area contributed by atoms with Crippen LogP contribution >= 0.6 is 0 Å². The van der Waals surface area contributed by atoms with E-state index in [1.165, 1.54) is 12.1 Å². The van der Waals surface area contributed by atoms with E-state index in [4.69, 9.17) is 4.18 Å². The van der Waals surface area contributed by atoms with Crippen molar-refractivity contribution in [2.24, 2.45) is 0 Å². The van der Waals surface area contributed by atoms with Crippen LogP contribution in [0, 0.1) is 22.9 Å². The van der Waals surface area contributed by atoms with Crippen LogP contribution in [0.15, 0.2) is 47.4 Å². The fourth-order valence-electron chi connectivity index (χ4n) is 1.58. The molecular weight excluding hydrogens is 301 g/mol. The van der Waals surface area contributed by atoms with Crippen LogP contribution in [0.2, 0.25) is 0 Å². The number of hydrogen-bond donors (Lipinski definition) is 0. The van der Waals surface area contributed by atoms with Crippen LogP contribution in [0.1, 0.15) is 5.56 Å². The molecule has 0 radical (unpaired) electrons. The van der Waals surface area contributed by atoms with Crippen molar-refractivity contribution in [1.29, 1.82) is 0 Å². The number of nitro benzene ring substituents is 1. The zero-order valence-electron chi connectivity index (χ0n) is 10.8. The lowest BCUT2D eigenvalue weighted by atomic mass is 10.2. The fourth-order valence-corrected chi connectivity index (χ4v) is 2.51. The van der Waals surface area contributed by atoms with Crippen LogP contribution < -0.4 is 4.18 Å². The van der Waals surface area contributed by atoms with E-state index in [-0.39, 0.29) is 4.90 Å². The quantitative estimate of drug-likeness (QED) is 0.492. The van der Waals surface area contributed by atoms with Crippen molar-refractivity contribution >= 4 is 15.8 Å². The average Bonchev–Trinajstić information content (AvgIpc) is 2.38. The summed E-state index contributed by atoms with van der Waals surface area (Å²) in [6.07, 6.45) is 0. The first-order valence-corrected chi connectivity index (χ1v) is 7.15. The number of aryl methyl sites for hydroxylation is 1. The summed E-state index contributed by atoms with van der Waals surface area (Å²) >= 11 is 0. The maximum absolute atomic E-state index is 13.1. The molecule has 8 heteroatoms. The minimum atomic E-state index is -4.27. The minimum absolute atomic E-state index is 0.174. The van der Waals surface area contributed by atoms with Crippen LogP contribution in [0.5, 0.6) is 5.75 Å². The second kappa shape index (κ2) is 5.49. The van der Waals surface area contributed by atoms with Crippen LogP contribution in [-0.2, 0) is 10.1 Å². The predicted molar refractivity (Wildman–Crippen MR) is 72.0 cm³/mol. The molecule has 0 aromatic heterocycles. The van der Waals surface area contributed by atoms with Gasteiger partial charge in [-0.25, -0.2) is 4.39 Å². The monoisotopic (exact) mass is 311 g/mol. The molecule has 0 heterocycles. The van der Waals surface area contributed by atoms with Gasteiger partial charge >= 0.3 is 15.8 Å². The number of nitro groups is 1. The highest BCUT2D eigenvalue weighted by molar-refractivity contribution is 7.87. The van der Waals surface area contributed by atoms with Crippen LogP contribution in [0.3, 0.4) is 0 Å². The van der Waals surface area contributed by atoms with E-state index >= 15 is 0 Å². The van der Waals surface area contributed by atoms with E-state index in [1.807, 2.05) is 0 Å². The molecule has 110 valence electrons. The predicted octanol–water partition coefficient (Wildman–Crippen LogP) is 2.81. The zero-order valence-corrected chi connectivity index (χ0v) is 11.6. The second-order valence-electron chi connectivity index (χ2n) is 4.22. The van der Waals surface area contributed by atoms with Gasteiger partial charge in [0.15, 0.2) is 0 Å². The second-order valence-corrected chi connectivity index (χ2v) is 5.77. The Morgan fingerprint density at radius 2 is 1.76 bits per heavy atom. The van der Waals surface area contributed by atoms with Gasteiger partial charge < -0.3 is 4.18 Å². The molecule has 2 aromatic rings. The Morgan fingerprint density at radius 1 is 1.14 bits per heavy atom. The molecule has 0 bridgehead atoms. The standard InChI is InChI=1S/C13H10FNO5S/c1-9-2-5-11(6-3-9)21(18,19)20-13-8-10(14)4-7-12(13)15(16)17/h2-8H,1H3. The maximum atomic E-state index is 13.1. The third-order valence-corrected chi connectivity index (χ3v) is 3.88. The summed E-state index contributed by atoms with van der Waals surface area (Å²) in [5.74, 6) is -1.50. The summed E-state index contributed by atoms with van der Waals surface area (Å²) < 4.78 is 41.9. The fraction of sp³-hybridized carbons (Fsp3) is 0.0769. The number of halogens is 1. The van der Waals surface area contributed by atoms with Crippen molar-refractivity contribution in [3.63, 3.8) is 0 Å². The Kier molecular flexibility index (Phi) is 3.90. The molecule has 0 saturated carbocycles. The van der Waals surface area contributed by atoms with Gasteiger partial charge in [0, 0.05) is 12.1 Å². The Morgan fingerprint density at radius 3 is 2.33 bits per heavy atom. The molecule has 0 aliphatic rings. The summed E-state index contributed by atoms with van der Waals surface area (Å²) in [4.78, 5) is 9.79. The minimum Gasteiger partial charge on any atom is -0.371 e. The lowest BCUT2D eigenvalue weighted by Gasteiger charge is -2.07. The van der Waals surface area contributed by atoms with Gasteiger partial charge in [0.2, 0.25) is 5.75 Å². The van der Waals surface area contributed by atoms with Crippen molar-refractivity contribution < 1.29 is 21.9 Å². The van der Waals surface area contributed by atoms with E-state index in [9.17, 15) is 22.9 Å². The largest absolute Gasteiger partial charge is 0.371 e. The van der Waals surface area contributed by atoms with Gasteiger partial charge in [-0.05, 0) is 25.1 Å². The molecule has 0 aliphatic heterocycles. The molecule has 0 unspecified atom stereocenters. The highest BCUT2D eigenvalue weighted by Gasteiger charge is 2.23. The van der Waals surface area contributed by atoms with E-state index < -0.39 is 32.3 Å². The first-order valence-electron chi connectivity index (χ1n) is 5.75. The molecule has 6 nitrogen and oxygen atoms in total. The third kappa shape index (κ3) is 3.34. The van der Waals surface area contributed by atoms with Crippen molar-refractivity contribution in [2.45, 2.75) is 11.8 Å². The summed E-state index contributed by atoms with van der Waals surface area (Å²) in [5, 5.41) is 10.8. The molecule has 0 N–H and O–H groups in total. The maximum Gasteiger partial charge on any atom is 0.339 e. The molecule has 2 aromatic carbocycles. The topological polar surface area (TPSA) is 86.5 Å². The van der Waals surface area contributed by atoms with Gasteiger partial charge in [-0.1, -0.05) is 17.7 Å². The molecule has 0 aliphatic carbocycles. The Balaban J connectivity index is 2.43. The SMILES string of the molecule is Cc1ccc(S(=O)(=O)Oc2cc(F)ccc2[N+](=O)[O-])cc1. The van der Waals surface area contributed by atoms with Gasteiger partial charge in [0.1, 0.15) is 10.7 Å². The number of benzene rings is 2. The van der Waals surface area contributed by atoms with E-state index in [0.29, 0.717) is 6.07 Å². The summed E-state index contributed by atoms with van der Waals surface area (Å²) in [5.41, 5.74) is 0.206. The Hall–Kier alpha value is -2.48. The van der Waals surface area contributed by atoms with Gasteiger partial charge in [0.25, 0.3) is 0 Å². The van der Waals surface area contributed by atoms with Crippen molar-refractivity contribution in [1.82, 2.24) is 0 Å². The van der Waals surface area contributed by atoms with E-state index in [1.54, 1.807) is 19.1 Å². The van der Waals surface area contributed by atoms with Crippen molar-refractivity contribution in [2.75, 3.05) is 0 Å². The molecule has 0 spiro atoms. The molecular formula is C13H10FNO5S. The molecule has 21 heavy (non-hydrogen) atoms. The van der Waals surface area contributed by atoms with Crippen molar-refractivity contribution in [3.8, 4) is 5.75 Å². The molecule has 0 atom stereocenters. The first-order chi connectivity index (χ1) is 9.79. The van der Waals surface area contributed by atoms with Gasteiger partial charge in [-0.2, -0.15) is 8.42 Å². The summed E-state index contributed by atoms with van der Waals surface area (Å²) in [6.45, 7) is 1.77. The van der Waals surface area contributed by atoms with Gasteiger partial charge in [0.05, 0.1) is 4.92 Å². The average molecular weight is 311 g/mol. The van der Waals surface area contributed by atoms with Crippen LogP contribution in [0.25, 0.3) is 0 Å². The third-order valence-electron chi connectivity index (χ3n) is 2.63. The molecule has 0 fully saturated rings. The normalized spacial score (nSPS) is 11.1. The van der Waals surface area contributed by atoms with Gasteiger partial charge in [-0.15, -0.1) is 0 Å². The van der Waals surface area contributed by atoms with E-state index in [0.717, 1.165) is 17.7 Å². The Bertz CT molecular complexity index is 787. The van der Waals surface area contributed by atoms with Crippen LogP contribution in [-0.4, -0.2) is 13.3 Å². The molecule has 0 amide bonds. The molecule has 0 saturated heterocycles. The van der Waals surface area contributed by atoms with Gasteiger partial charge in [-0.3, -0.25) is 10.1 Å². The number of nitrogens with zero attached hydrogens (tertiary/aromatic N) is 1. The highest BCUT2D eigenvalue weighted by atomic mass is 32.2. The number of rotatable bonds is 4. The first kappa shape index (κ1) is 14.9. The summed E-state index contributed by atoms with van der Waals surface area (Å²) in [6, 6.07) is 8.06. The lowest BCUT2D eigenvalue weighted by Crippen LogP contribution is -2.11. The zero-order chi connectivity index (χ0) is 15.6. The van der Waals surface area contributed by atoms with Crippen LogP contribution in [0.4, 0.5) is 10.1 Å². The van der Waals surface area contributed by atoms with Crippen molar-refractivity contribution in [3.05, 3.63) is 64.0 Å². The van der Waals surface area contributed by atoms with E-state index in [2.05, 4.69) is 0 Å². The number of hydrogen-bond acceptors (Lipinski definition) is 5. The summed E-state index contributed by atoms with van der Waals surface area (Å²) in [7, 11) is -4.27. The molecule has 2 rings (SSSR count).